The molecule has 0 atom stereocenters. The molecule has 0 radical (unpaired) electrons. The van der Waals surface area contributed by atoms with Crippen molar-refractivity contribution in [2.75, 3.05) is 6.61 Å². The summed E-state index contributed by atoms with van der Waals surface area (Å²) in [5.41, 5.74) is 2.53. The van der Waals surface area contributed by atoms with Crippen LogP contribution in [0, 0.1) is 4.77 Å². The lowest BCUT2D eigenvalue weighted by atomic mass is 10.0. The molecule has 110 valence electrons. The van der Waals surface area contributed by atoms with E-state index >= 15 is 0 Å². The molecule has 1 heterocycles. The number of rotatable bonds is 6. The summed E-state index contributed by atoms with van der Waals surface area (Å²) in [5.74, 6) is 0.786. The number of ether oxygens (including phenoxy) is 1. The smallest absolute Gasteiger partial charge is 0.255 e. The molecule has 1 aromatic carbocycles. The zero-order valence-electron chi connectivity index (χ0n) is 11.9. The summed E-state index contributed by atoms with van der Waals surface area (Å²) in [6.07, 6.45) is 2.97. The number of hydrogen-bond acceptors (Lipinski definition) is 3. The van der Waals surface area contributed by atoms with Crippen molar-refractivity contribution in [2.45, 2.75) is 19.8 Å². The molecule has 0 saturated heterocycles. The number of nitrogens with one attached hydrogen (secondary N) is 2. The van der Waals surface area contributed by atoms with Crippen LogP contribution in [-0.4, -0.2) is 16.6 Å². The van der Waals surface area contributed by atoms with Gasteiger partial charge in [-0.3, -0.25) is 9.78 Å². The molecule has 0 saturated carbocycles. The lowest BCUT2D eigenvalue weighted by Crippen LogP contribution is -2.17. The number of benzene rings is 1. The quantitative estimate of drug-likeness (QED) is 0.636. The summed E-state index contributed by atoms with van der Waals surface area (Å²) in [4.78, 5) is 17.6. The third-order valence-electron chi connectivity index (χ3n) is 3.13. The van der Waals surface area contributed by atoms with E-state index in [0.717, 1.165) is 22.6 Å². The molecule has 4 nitrogen and oxygen atoms in total. The van der Waals surface area contributed by atoms with Gasteiger partial charge in [0.1, 0.15) is 12.4 Å². The molecule has 21 heavy (non-hydrogen) atoms. The second-order valence-electron chi connectivity index (χ2n) is 4.64. The fourth-order valence-electron chi connectivity index (χ4n) is 2.19. The zero-order valence-corrected chi connectivity index (χ0v) is 12.8. The molecule has 0 aliphatic heterocycles. The monoisotopic (exact) mass is 302 g/mol. The average Bonchev–Trinajstić information content (AvgIpc) is 2.45. The Morgan fingerprint density at radius 2 is 2.19 bits per heavy atom. The first kappa shape index (κ1) is 15.3. The van der Waals surface area contributed by atoms with Gasteiger partial charge in [0, 0.05) is 17.7 Å². The van der Waals surface area contributed by atoms with E-state index in [1.807, 2.05) is 31.2 Å². The number of hydrogen-bond donors (Lipinski definition) is 2. The van der Waals surface area contributed by atoms with Crippen LogP contribution in [0.25, 0.3) is 0 Å². The SMILES string of the molecule is C=CCOc1cccc(Cc2[nH]c(=S)[nH]c(=O)c2CC)c1. The van der Waals surface area contributed by atoms with Crippen molar-refractivity contribution in [3.8, 4) is 5.75 Å². The lowest BCUT2D eigenvalue weighted by Gasteiger charge is -2.09. The Balaban J connectivity index is 2.32. The van der Waals surface area contributed by atoms with Gasteiger partial charge in [0.15, 0.2) is 4.77 Å². The Labute approximate surface area is 128 Å². The molecule has 2 rings (SSSR count). The Bertz CT molecular complexity index is 746. The minimum atomic E-state index is -0.115. The Morgan fingerprint density at radius 3 is 2.90 bits per heavy atom. The van der Waals surface area contributed by atoms with E-state index in [1.165, 1.54) is 0 Å². The summed E-state index contributed by atoms with van der Waals surface area (Å²) in [6, 6.07) is 7.79. The van der Waals surface area contributed by atoms with Gasteiger partial charge >= 0.3 is 0 Å². The highest BCUT2D eigenvalue weighted by Gasteiger charge is 2.08. The van der Waals surface area contributed by atoms with E-state index in [4.69, 9.17) is 17.0 Å². The van der Waals surface area contributed by atoms with Gasteiger partial charge in [0.05, 0.1) is 0 Å². The highest BCUT2D eigenvalue weighted by Crippen LogP contribution is 2.16. The normalized spacial score (nSPS) is 10.3. The molecular weight excluding hydrogens is 284 g/mol. The molecule has 2 N–H and O–H groups in total. The van der Waals surface area contributed by atoms with Crippen molar-refractivity contribution < 1.29 is 4.74 Å². The van der Waals surface area contributed by atoms with Crippen molar-refractivity contribution >= 4 is 12.2 Å². The van der Waals surface area contributed by atoms with Crippen LogP contribution in [0.5, 0.6) is 5.75 Å². The number of aromatic amines is 2. The molecule has 0 aliphatic rings. The Kier molecular flexibility index (Phi) is 5.11. The van der Waals surface area contributed by atoms with Crippen LogP contribution in [0.1, 0.15) is 23.7 Å². The molecular formula is C16H18N2O2S. The molecule has 0 fully saturated rings. The fourth-order valence-corrected chi connectivity index (χ4v) is 2.40. The van der Waals surface area contributed by atoms with Crippen molar-refractivity contribution in [3.05, 3.63) is 68.9 Å². The first-order valence-corrected chi connectivity index (χ1v) is 7.21. The predicted octanol–water partition coefficient (Wildman–Crippen LogP) is 3.15. The number of H-pyrrole nitrogens is 2. The van der Waals surface area contributed by atoms with Gasteiger partial charge in [-0.05, 0) is 36.3 Å². The van der Waals surface area contributed by atoms with Gasteiger partial charge in [-0.25, -0.2) is 0 Å². The molecule has 0 amide bonds. The summed E-state index contributed by atoms with van der Waals surface area (Å²) in [6.45, 7) is 6.05. The molecule has 0 unspecified atom stereocenters. The largest absolute Gasteiger partial charge is 0.490 e. The van der Waals surface area contributed by atoms with E-state index < -0.39 is 0 Å². The van der Waals surface area contributed by atoms with Gasteiger partial charge < -0.3 is 9.72 Å². The van der Waals surface area contributed by atoms with E-state index in [9.17, 15) is 4.79 Å². The first-order valence-electron chi connectivity index (χ1n) is 6.81. The van der Waals surface area contributed by atoms with Crippen LogP contribution in [0.15, 0.2) is 41.7 Å². The zero-order chi connectivity index (χ0) is 15.2. The second kappa shape index (κ2) is 7.04. The maximum Gasteiger partial charge on any atom is 0.255 e. The van der Waals surface area contributed by atoms with Crippen molar-refractivity contribution in [3.63, 3.8) is 0 Å². The molecule has 0 bridgehead atoms. The minimum Gasteiger partial charge on any atom is -0.490 e. The number of aromatic nitrogens is 2. The summed E-state index contributed by atoms with van der Waals surface area (Å²) in [7, 11) is 0. The van der Waals surface area contributed by atoms with E-state index in [1.54, 1.807) is 6.08 Å². The summed E-state index contributed by atoms with van der Waals surface area (Å²) >= 11 is 5.05. The van der Waals surface area contributed by atoms with E-state index in [2.05, 4.69) is 16.5 Å². The maximum absolute atomic E-state index is 11.9. The minimum absolute atomic E-state index is 0.115. The fraction of sp³-hybridized carbons (Fsp3) is 0.250. The maximum atomic E-state index is 11.9. The third kappa shape index (κ3) is 3.92. The molecule has 2 aromatic rings. The standard InChI is InChI=1S/C16H18N2O2S/c1-3-8-20-12-7-5-6-11(9-12)10-14-13(4-2)15(19)18-16(21)17-14/h3,5-7,9H,1,4,8,10H2,2H3,(H2,17,18,19,21). The van der Waals surface area contributed by atoms with Crippen LogP contribution in [0.4, 0.5) is 0 Å². The van der Waals surface area contributed by atoms with Crippen LogP contribution in [0.3, 0.4) is 0 Å². The van der Waals surface area contributed by atoms with Crippen LogP contribution < -0.4 is 10.3 Å². The van der Waals surface area contributed by atoms with Crippen molar-refractivity contribution in [2.24, 2.45) is 0 Å². The first-order chi connectivity index (χ1) is 10.1. The second-order valence-corrected chi connectivity index (χ2v) is 5.05. The Morgan fingerprint density at radius 1 is 1.38 bits per heavy atom. The summed E-state index contributed by atoms with van der Waals surface area (Å²) < 4.78 is 5.87. The third-order valence-corrected chi connectivity index (χ3v) is 3.33. The van der Waals surface area contributed by atoms with Gasteiger partial charge in [-0.2, -0.15) is 0 Å². The lowest BCUT2D eigenvalue weighted by molar-refractivity contribution is 0.363. The van der Waals surface area contributed by atoms with Crippen molar-refractivity contribution in [1.82, 2.24) is 9.97 Å². The van der Waals surface area contributed by atoms with Gasteiger partial charge in [0.25, 0.3) is 5.56 Å². The molecule has 1 aromatic heterocycles. The summed E-state index contributed by atoms with van der Waals surface area (Å²) in [5, 5.41) is 0. The van der Waals surface area contributed by atoms with Crippen molar-refractivity contribution in [1.29, 1.82) is 0 Å². The highest BCUT2D eigenvalue weighted by molar-refractivity contribution is 7.71. The van der Waals surface area contributed by atoms with E-state index in [-0.39, 0.29) is 5.56 Å². The highest BCUT2D eigenvalue weighted by atomic mass is 32.1. The van der Waals surface area contributed by atoms with E-state index in [0.29, 0.717) is 24.2 Å². The van der Waals surface area contributed by atoms with Gasteiger partial charge in [0.2, 0.25) is 0 Å². The molecule has 0 spiro atoms. The average molecular weight is 302 g/mol. The van der Waals surface area contributed by atoms with Crippen LogP contribution in [0.2, 0.25) is 0 Å². The predicted molar refractivity (Wildman–Crippen MR) is 86.6 cm³/mol. The topological polar surface area (TPSA) is 57.9 Å². The Hall–Kier alpha value is -2.14. The van der Waals surface area contributed by atoms with Gasteiger partial charge in [-0.15, -0.1) is 0 Å². The van der Waals surface area contributed by atoms with Gasteiger partial charge in [-0.1, -0.05) is 31.7 Å². The molecule has 0 aliphatic carbocycles. The van der Waals surface area contributed by atoms with Crippen LogP contribution >= 0.6 is 12.2 Å². The van der Waals surface area contributed by atoms with Crippen LogP contribution in [-0.2, 0) is 12.8 Å². The molecule has 5 heteroatoms.